The van der Waals surface area contributed by atoms with Crippen LogP contribution in [0.1, 0.15) is 0 Å². The Balaban J connectivity index is 2.65. The second-order valence-corrected chi connectivity index (χ2v) is 3.30. The molecule has 3 aromatic rings. The van der Waals surface area contributed by atoms with Crippen LogP contribution in [0.4, 0.5) is 0 Å². The summed E-state index contributed by atoms with van der Waals surface area (Å²) in [6.45, 7) is 0. The van der Waals surface area contributed by atoms with Crippen molar-refractivity contribution in [3.63, 3.8) is 0 Å². The van der Waals surface area contributed by atoms with Crippen LogP contribution in [0.3, 0.4) is 0 Å². The number of hydrogen-bond donors (Lipinski definition) is 1. The maximum absolute atomic E-state index is 5.83. The van der Waals surface area contributed by atoms with Gasteiger partial charge in [-0.15, -0.1) is 0 Å². The highest BCUT2D eigenvalue weighted by molar-refractivity contribution is 6.03. The topological polar surface area (TPSA) is 43.8 Å². The van der Waals surface area contributed by atoms with Crippen LogP contribution >= 0.6 is 0 Å². The van der Waals surface area contributed by atoms with Gasteiger partial charge in [0.05, 0.1) is 11.0 Å². The third kappa shape index (κ3) is 0.836. The molecule has 0 unspecified atom stereocenters. The minimum absolute atomic E-state index is 0.977. The molecule has 0 aliphatic heterocycles. The molecule has 0 aliphatic rings. The second-order valence-electron chi connectivity index (χ2n) is 3.30. The van der Waals surface area contributed by atoms with E-state index in [9.17, 15) is 0 Å². The van der Waals surface area contributed by atoms with Crippen LogP contribution in [0, 0.1) is 0 Å². The fourth-order valence-electron chi connectivity index (χ4n) is 1.79. The summed E-state index contributed by atoms with van der Waals surface area (Å²) in [5.41, 5.74) is 2.01. The van der Waals surface area contributed by atoms with E-state index in [1.54, 1.807) is 4.68 Å². The van der Waals surface area contributed by atoms with Gasteiger partial charge in [-0.25, -0.2) is 0 Å². The Morgan fingerprint density at radius 2 is 2.00 bits per heavy atom. The molecular weight excluding hydrogens is 174 g/mol. The molecular formula is C11H9N3. The number of nitrogens with zero attached hydrogens (tertiary/aromatic N) is 2. The SMILES string of the molecule is Nn1ccc2cnc3ccccc3c21. The number of rotatable bonds is 0. The van der Waals surface area contributed by atoms with Crippen molar-refractivity contribution in [3.05, 3.63) is 42.7 Å². The van der Waals surface area contributed by atoms with Gasteiger partial charge in [0.1, 0.15) is 0 Å². The lowest BCUT2D eigenvalue weighted by atomic mass is 10.2. The standard InChI is InChI=1S/C11H9N3/c12-14-6-5-8-7-13-10-4-2-1-3-9(10)11(8)14/h1-7H,12H2. The zero-order valence-corrected chi connectivity index (χ0v) is 7.51. The molecule has 0 amide bonds. The van der Waals surface area contributed by atoms with Crippen molar-refractivity contribution in [1.29, 1.82) is 0 Å². The minimum atomic E-state index is 0.977. The normalized spacial score (nSPS) is 11.1. The van der Waals surface area contributed by atoms with Gasteiger partial charge in [-0.1, -0.05) is 18.2 Å². The molecule has 1 aromatic carbocycles. The van der Waals surface area contributed by atoms with Gasteiger partial charge in [-0.3, -0.25) is 9.66 Å². The molecule has 0 radical (unpaired) electrons. The smallest absolute Gasteiger partial charge is 0.0799 e. The fourth-order valence-corrected chi connectivity index (χ4v) is 1.79. The van der Waals surface area contributed by atoms with Crippen molar-refractivity contribution in [2.75, 3.05) is 5.84 Å². The van der Waals surface area contributed by atoms with Crippen molar-refractivity contribution in [2.24, 2.45) is 0 Å². The molecule has 3 nitrogen and oxygen atoms in total. The first-order valence-corrected chi connectivity index (χ1v) is 4.46. The minimum Gasteiger partial charge on any atom is -0.339 e. The van der Waals surface area contributed by atoms with Gasteiger partial charge in [-0.2, -0.15) is 0 Å². The third-order valence-corrected chi connectivity index (χ3v) is 2.45. The average molecular weight is 183 g/mol. The van der Waals surface area contributed by atoms with Crippen LogP contribution in [-0.4, -0.2) is 9.66 Å². The summed E-state index contributed by atoms with van der Waals surface area (Å²) in [6, 6.07) is 9.96. The van der Waals surface area contributed by atoms with Crippen LogP contribution in [0.25, 0.3) is 21.8 Å². The summed E-state index contributed by atoms with van der Waals surface area (Å²) in [4.78, 5) is 4.35. The van der Waals surface area contributed by atoms with Crippen molar-refractivity contribution in [3.8, 4) is 0 Å². The molecule has 0 saturated carbocycles. The zero-order chi connectivity index (χ0) is 9.54. The van der Waals surface area contributed by atoms with Crippen LogP contribution in [0.2, 0.25) is 0 Å². The zero-order valence-electron chi connectivity index (χ0n) is 7.51. The van der Waals surface area contributed by atoms with Crippen LogP contribution < -0.4 is 5.84 Å². The fraction of sp³-hybridized carbons (Fsp3) is 0. The predicted octanol–water partition coefficient (Wildman–Crippen LogP) is 1.90. The average Bonchev–Trinajstić information content (AvgIpc) is 2.61. The molecule has 3 rings (SSSR count). The van der Waals surface area contributed by atoms with E-state index in [0.717, 1.165) is 21.8 Å². The third-order valence-electron chi connectivity index (χ3n) is 2.45. The monoisotopic (exact) mass is 183 g/mol. The first-order chi connectivity index (χ1) is 6.86. The lowest BCUT2D eigenvalue weighted by Gasteiger charge is -2.01. The first kappa shape index (κ1) is 7.38. The second kappa shape index (κ2) is 2.48. The van der Waals surface area contributed by atoms with Crippen molar-refractivity contribution in [2.45, 2.75) is 0 Å². The summed E-state index contributed by atoms with van der Waals surface area (Å²) < 4.78 is 1.64. The number of nitrogen functional groups attached to an aromatic ring is 1. The largest absolute Gasteiger partial charge is 0.339 e. The molecule has 68 valence electrons. The van der Waals surface area contributed by atoms with E-state index < -0.39 is 0 Å². The molecule has 0 saturated heterocycles. The maximum Gasteiger partial charge on any atom is 0.0799 e. The van der Waals surface area contributed by atoms with Gasteiger partial charge in [0.15, 0.2) is 0 Å². The maximum atomic E-state index is 5.83. The van der Waals surface area contributed by atoms with Crippen LogP contribution in [0.15, 0.2) is 42.7 Å². The van der Waals surface area contributed by atoms with Gasteiger partial charge < -0.3 is 5.84 Å². The van der Waals surface area contributed by atoms with Gasteiger partial charge in [0.2, 0.25) is 0 Å². The Hall–Kier alpha value is -2.03. The van der Waals surface area contributed by atoms with E-state index in [-0.39, 0.29) is 0 Å². The van der Waals surface area contributed by atoms with E-state index in [1.165, 1.54) is 0 Å². The quantitative estimate of drug-likeness (QED) is 0.541. The van der Waals surface area contributed by atoms with E-state index in [0.29, 0.717) is 0 Å². The number of aromatic nitrogens is 2. The number of pyridine rings is 1. The highest BCUT2D eigenvalue weighted by Gasteiger charge is 2.03. The summed E-state index contributed by atoms with van der Waals surface area (Å²) in [5.74, 6) is 5.83. The number of benzene rings is 1. The Bertz CT molecular complexity index is 610. The number of fused-ring (bicyclic) bond motifs is 3. The molecule has 2 N–H and O–H groups in total. The van der Waals surface area contributed by atoms with E-state index in [1.807, 2.05) is 42.7 Å². The lowest BCUT2D eigenvalue weighted by Crippen LogP contribution is -2.05. The predicted molar refractivity (Wildman–Crippen MR) is 57.4 cm³/mol. The Morgan fingerprint density at radius 1 is 1.14 bits per heavy atom. The van der Waals surface area contributed by atoms with Crippen LogP contribution in [-0.2, 0) is 0 Å². The molecule has 0 atom stereocenters. The molecule has 0 bridgehead atoms. The van der Waals surface area contributed by atoms with E-state index >= 15 is 0 Å². The number of hydrogen-bond acceptors (Lipinski definition) is 2. The molecule has 0 aliphatic carbocycles. The molecule has 2 heterocycles. The Labute approximate surface area is 80.7 Å². The first-order valence-electron chi connectivity index (χ1n) is 4.46. The van der Waals surface area contributed by atoms with Crippen molar-refractivity contribution < 1.29 is 0 Å². The molecule has 0 spiro atoms. The summed E-state index contributed by atoms with van der Waals surface area (Å²) in [6.07, 6.45) is 3.69. The Morgan fingerprint density at radius 3 is 2.93 bits per heavy atom. The van der Waals surface area contributed by atoms with Crippen molar-refractivity contribution >= 4 is 21.8 Å². The van der Waals surface area contributed by atoms with Gasteiger partial charge in [-0.05, 0) is 12.1 Å². The summed E-state index contributed by atoms with van der Waals surface area (Å²) in [7, 11) is 0. The van der Waals surface area contributed by atoms with Gasteiger partial charge in [0.25, 0.3) is 0 Å². The highest BCUT2D eigenvalue weighted by atomic mass is 15.3. The number of nitrogens with two attached hydrogens (primary N) is 1. The number of para-hydroxylation sites is 1. The van der Waals surface area contributed by atoms with E-state index in [2.05, 4.69) is 4.98 Å². The van der Waals surface area contributed by atoms with E-state index in [4.69, 9.17) is 5.84 Å². The molecule has 2 aromatic heterocycles. The summed E-state index contributed by atoms with van der Waals surface area (Å²) >= 11 is 0. The van der Waals surface area contributed by atoms with Gasteiger partial charge >= 0.3 is 0 Å². The Kier molecular flexibility index (Phi) is 1.31. The highest BCUT2D eigenvalue weighted by Crippen LogP contribution is 2.22. The molecule has 14 heavy (non-hydrogen) atoms. The lowest BCUT2D eigenvalue weighted by molar-refractivity contribution is 1.07. The summed E-state index contributed by atoms with van der Waals surface area (Å²) in [5, 5.41) is 2.17. The van der Waals surface area contributed by atoms with Crippen molar-refractivity contribution in [1.82, 2.24) is 9.66 Å². The molecule has 3 heteroatoms. The van der Waals surface area contributed by atoms with Gasteiger partial charge in [0, 0.05) is 23.2 Å². The molecule has 0 fully saturated rings. The van der Waals surface area contributed by atoms with Crippen LogP contribution in [0.5, 0.6) is 0 Å².